The van der Waals surface area contributed by atoms with Crippen LogP contribution in [0.4, 0.5) is 4.39 Å². The Morgan fingerprint density at radius 3 is 2.41 bits per heavy atom. The molecule has 0 bridgehead atoms. The van der Waals surface area contributed by atoms with Crippen LogP contribution in [0.15, 0.2) is 61.2 Å². The van der Waals surface area contributed by atoms with Gasteiger partial charge < -0.3 is 4.74 Å². The molecule has 1 unspecified atom stereocenters. The van der Waals surface area contributed by atoms with Crippen LogP contribution in [-0.4, -0.2) is 6.61 Å². The van der Waals surface area contributed by atoms with Crippen LogP contribution in [0.25, 0.3) is 0 Å². The predicted octanol–water partition coefficient (Wildman–Crippen LogP) is 7.97. The van der Waals surface area contributed by atoms with Crippen LogP contribution >= 0.6 is 0 Å². The molecule has 0 radical (unpaired) electrons. The molecule has 1 aliphatic rings. The largest absolute Gasteiger partial charge is 0.365 e. The molecule has 29 heavy (non-hydrogen) atoms. The van der Waals surface area contributed by atoms with Crippen molar-refractivity contribution < 1.29 is 9.13 Å². The fourth-order valence-corrected chi connectivity index (χ4v) is 4.63. The maximum absolute atomic E-state index is 14.4. The summed E-state index contributed by atoms with van der Waals surface area (Å²) in [7, 11) is 0. The lowest BCUT2D eigenvalue weighted by molar-refractivity contribution is 0.101. The summed E-state index contributed by atoms with van der Waals surface area (Å²) in [4.78, 5) is 0. The summed E-state index contributed by atoms with van der Waals surface area (Å²) in [5.41, 5.74) is 2.99. The molecule has 1 nitrogen and oxygen atoms in total. The molecule has 0 heterocycles. The second-order valence-corrected chi connectivity index (χ2v) is 8.40. The maximum atomic E-state index is 14.4. The van der Waals surface area contributed by atoms with Gasteiger partial charge in [0.05, 0.1) is 6.61 Å². The maximum Gasteiger partial charge on any atom is 0.129 e. The normalized spacial score (nSPS) is 20.3. The van der Waals surface area contributed by atoms with Gasteiger partial charge in [-0.2, -0.15) is 0 Å². The molecule has 1 atom stereocenters. The summed E-state index contributed by atoms with van der Waals surface area (Å²) >= 11 is 0. The Labute approximate surface area is 176 Å². The second kappa shape index (κ2) is 11.3. The fourth-order valence-electron chi connectivity index (χ4n) is 4.63. The highest BCUT2D eigenvalue weighted by molar-refractivity contribution is 5.34. The third-order valence-corrected chi connectivity index (χ3v) is 6.34. The molecule has 0 saturated heterocycles. The Morgan fingerprint density at radius 2 is 1.76 bits per heavy atom. The van der Waals surface area contributed by atoms with Gasteiger partial charge in [0.2, 0.25) is 0 Å². The van der Waals surface area contributed by atoms with Gasteiger partial charge >= 0.3 is 0 Å². The molecule has 1 saturated carbocycles. The van der Waals surface area contributed by atoms with E-state index in [0.717, 1.165) is 11.5 Å². The molecule has 2 heteroatoms. The minimum atomic E-state index is -0.405. The Kier molecular flexibility index (Phi) is 8.49. The van der Waals surface area contributed by atoms with E-state index < -0.39 is 6.10 Å². The smallest absolute Gasteiger partial charge is 0.129 e. The molecule has 3 rings (SSSR count). The lowest BCUT2D eigenvalue weighted by Gasteiger charge is -2.29. The van der Waals surface area contributed by atoms with Gasteiger partial charge in [-0.1, -0.05) is 81.1 Å². The standard InChI is InChI=1S/C27H35FO/c1-3-5-6-9-21-12-14-22(15-13-21)23-16-18-24(19-17-23)27(29-20-4-2)25-10-7-8-11-26(25)28/h4,7-8,10-11,16-19,21-22,27H,2-3,5-6,9,12-15,20H2,1H3/t21-,22-,27?. The summed E-state index contributed by atoms with van der Waals surface area (Å²) in [6.45, 7) is 6.40. The van der Waals surface area contributed by atoms with Crippen molar-refractivity contribution in [2.24, 2.45) is 5.92 Å². The van der Waals surface area contributed by atoms with Crippen LogP contribution in [0, 0.1) is 11.7 Å². The minimum Gasteiger partial charge on any atom is -0.365 e. The SMILES string of the molecule is C=CCOC(c1ccc([C@H]2CC[C@H](CCCCC)CC2)cc1)c1ccccc1F. The number of rotatable bonds is 10. The predicted molar refractivity (Wildman–Crippen MR) is 120 cm³/mol. The molecule has 0 aliphatic heterocycles. The van der Waals surface area contributed by atoms with E-state index in [2.05, 4.69) is 37.8 Å². The average Bonchev–Trinajstić information content (AvgIpc) is 2.76. The van der Waals surface area contributed by atoms with Gasteiger partial charge in [0.25, 0.3) is 0 Å². The van der Waals surface area contributed by atoms with Crippen LogP contribution < -0.4 is 0 Å². The average molecular weight is 395 g/mol. The summed E-state index contributed by atoms with van der Waals surface area (Å²) in [6.07, 6.45) is 12.1. The Hall–Kier alpha value is -1.93. The minimum absolute atomic E-state index is 0.230. The van der Waals surface area contributed by atoms with E-state index in [0.29, 0.717) is 18.1 Å². The topological polar surface area (TPSA) is 9.23 Å². The van der Waals surface area contributed by atoms with Gasteiger partial charge in [-0.05, 0) is 54.7 Å². The van der Waals surface area contributed by atoms with E-state index in [1.165, 1.54) is 63.0 Å². The molecule has 0 amide bonds. The molecule has 156 valence electrons. The quantitative estimate of drug-likeness (QED) is 0.293. The van der Waals surface area contributed by atoms with Gasteiger partial charge in [0, 0.05) is 5.56 Å². The highest BCUT2D eigenvalue weighted by Gasteiger charge is 2.23. The zero-order chi connectivity index (χ0) is 20.5. The molecule has 0 N–H and O–H groups in total. The first-order valence-corrected chi connectivity index (χ1v) is 11.3. The number of benzene rings is 2. The number of hydrogen-bond acceptors (Lipinski definition) is 1. The zero-order valence-electron chi connectivity index (χ0n) is 17.8. The molecular formula is C27H35FO. The van der Waals surface area contributed by atoms with Gasteiger partial charge in [0.15, 0.2) is 0 Å². The highest BCUT2D eigenvalue weighted by Crippen LogP contribution is 2.38. The molecule has 2 aromatic rings. The van der Waals surface area contributed by atoms with E-state index in [-0.39, 0.29) is 5.82 Å². The Morgan fingerprint density at radius 1 is 1.03 bits per heavy atom. The van der Waals surface area contributed by atoms with Crippen LogP contribution in [0.2, 0.25) is 0 Å². The van der Waals surface area contributed by atoms with Gasteiger partial charge in [0.1, 0.15) is 11.9 Å². The van der Waals surface area contributed by atoms with Gasteiger partial charge in [-0.25, -0.2) is 4.39 Å². The monoisotopic (exact) mass is 394 g/mol. The zero-order valence-corrected chi connectivity index (χ0v) is 17.8. The van der Waals surface area contributed by atoms with Crippen LogP contribution in [0.5, 0.6) is 0 Å². The lowest BCUT2D eigenvalue weighted by Crippen LogP contribution is -2.14. The Bertz CT molecular complexity index is 743. The summed E-state index contributed by atoms with van der Waals surface area (Å²) < 4.78 is 20.3. The number of ether oxygens (including phenoxy) is 1. The van der Waals surface area contributed by atoms with E-state index in [9.17, 15) is 4.39 Å². The third-order valence-electron chi connectivity index (χ3n) is 6.34. The van der Waals surface area contributed by atoms with E-state index in [1.54, 1.807) is 18.2 Å². The molecule has 1 fully saturated rings. The molecule has 0 aromatic heterocycles. The van der Waals surface area contributed by atoms with Crippen molar-refractivity contribution >= 4 is 0 Å². The summed E-state index contributed by atoms with van der Waals surface area (Å²) in [6, 6.07) is 15.5. The first kappa shape index (κ1) is 21.8. The molecule has 2 aromatic carbocycles. The van der Waals surface area contributed by atoms with Crippen LogP contribution in [0.1, 0.15) is 87.0 Å². The van der Waals surface area contributed by atoms with Gasteiger partial charge in [-0.15, -0.1) is 6.58 Å². The van der Waals surface area contributed by atoms with Crippen molar-refractivity contribution in [2.75, 3.05) is 6.61 Å². The number of unbranched alkanes of at least 4 members (excludes halogenated alkanes) is 2. The van der Waals surface area contributed by atoms with Crippen molar-refractivity contribution in [1.82, 2.24) is 0 Å². The first-order chi connectivity index (χ1) is 14.2. The van der Waals surface area contributed by atoms with E-state index in [4.69, 9.17) is 4.74 Å². The molecule has 1 aliphatic carbocycles. The second-order valence-electron chi connectivity index (χ2n) is 8.40. The first-order valence-electron chi connectivity index (χ1n) is 11.3. The third kappa shape index (κ3) is 6.02. The summed E-state index contributed by atoms with van der Waals surface area (Å²) in [5.74, 6) is 1.36. The van der Waals surface area contributed by atoms with Crippen molar-refractivity contribution in [3.8, 4) is 0 Å². The Balaban J connectivity index is 1.65. The van der Waals surface area contributed by atoms with E-state index in [1.807, 2.05) is 6.07 Å². The van der Waals surface area contributed by atoms with E-state index >= 15 is 0 Å². The van der Waals surface area contributed by atoms with Crippen LogP contribution in [-0.2, 0) is 4.74 Å². The van der Waals surface area contributed by atoms with Crippen molar-refractivity contribution in [1.29, 1.82) is 0 Å². The molecule has 0 spiro atoms. The fraction of sp³-hybridized carbons (Fsp3) is 0.481. The van der Waals surface area contributed by atoms with Crippen LogP contribution in [0.3, 0.4) is 0 Å². The summed E-state index contributed by atoms with van der Waals surface area (Å²) in [5, 5.41) is 0. The molecular weight excluding hydrogens is 359 g/mol. The van der Waals surface area contributed by atoms with Crippen molar-refractivity contribution in [3.05, 3.63) is 83.7 Å². The highest BCUT2D eigenvalue weighted by atomic mass is 19.1. The van der Waals surface area contributed by atoms with Crippen molar-refractivity contribution in [3.63, 3.8) is 0 Å². The van der Waals surface area contributed by atoms with Crippen molar-refractivity contribution in [2.45, 2.75) is 70.3 Å². The number of halogens is 1. The lowest BCUT2D eigenvalue weighted by atomic mass is 9.77. The van der Waals surface area contributed by atoms with Gasteiger partial charge in [-0.3, -0.25) is 0 Å². The number of hydrogen-bond donors (Lipinski definition) is 0.